The molecule has 3 N–H and O–H groups in total. The number of phosphoric ester groups is 1. The van der Waals surface area contributed by atoms with Crippen molar-refractivity contribution in [2.24, 2.45) is 0 Å². The molecule has 0 aromatic rings. The van der Waals surface area contributed by atoms with Crippen molar-refractivity contribution < 1.29 is 32.9 Å². The molecule has 0 aliphatic heterocycles. The first kappa shape index (κ1) is 63.2. The highest BCUT2D eigenvalue weighted by molar-refractivity contribution is 7.47. The van der Waals surface area contributed by atoms with Crippen molar-refractivity contribution in [3.8, 4) is 0 Å². The molecular weight excluding hydrogens is 828 g/mol. The number of likely N-dealkylation sites (N-methyl/N-ethyl adjacent to an activating group) is 1. The van der Waals surface area contributed by atoms with Crippen molar-refractivity contribution >= 4 is 13.7 Å². The minimum absolute atomic E-state index is 0.0503. The van der Waals surface area contributed by atoms with Gasteiger partial charge in [0, 0.05) is 6.42 Å². The molecule has 0 radical (unpaired) electrons. The summed E-state index contributed by atoms with van der Waals surface area (Å²) in [6.45, 7) is 4.68. The second-order valence-corrected chi connectivity index (χ2v) is 21.0. The van der Waals surface area contributed by atoms with Crippen molar-refractivity contribution in [1.29, 1.82) is 0 Å². The minimum atomic E-state index is -4.36. The van der Waals surface area contributed by atoms with Gasteiger partial charge in [-0.05, 0) is 64.2 Å². The molecule has 3 atom stereocenters. The fourth-order valence-corrected chi connectivity index (χ4v) is 8.46. The van der Waals surface area contributed by atoms with Gasteiger partial charge in [-0.2, -0.15) is 0 Å². The number of nitrogens with zero attached hydrogens (tertiary/aromatic N) is 1. The van der Waals surface area contributed by atoms with Crippen LogP contribution >= 0.6 is 7.82 Å². The van der Waals surface area contributed by atoms with Gasteiger partial charge in [0.1, 0.15) is 13.2 Å². The number of quaternary nitrogens is 1. The Morgan fingerprint density at radius 1 is 0.538 bits per heavy atom. The molecule has 0 fully saturated rings. The van der Waals surface area contributed by atoms with E-state index >= 15 is 0 Å². The molecule has 0 saturated heterocycles. The predicted octanol–water partition coefficient (Wildman–Crippen LogP) is 16.1. The van der Waals surface area contributed by atoms with E-state index < -0.39 is 20.0 Å². The van der Waals surface area contributed by atoms with Crippen molar-refractivity contribution in [3.05, 3.63) is 60.8 Å². The average molecular weight is 934 g/mol. The lowest BCUT2D eigenvalue weighted by molar-refractivity contribution is -0.870. The van der Waals surface area contributed by atoms with E-state index in [1.54, 1.807) is 6.08 Å². The number of rotatable bonds is 49. The number of nitrogens with one attached hydrogen (secondary N) is 1. The lowest BCUT2D eigenvalue weighted by Gasteiger charge is -2.25. The zero-order valence-electron chi connectivity index (χ0n) is 43.2. The van der Waals surface area contributed by atoms with Crippen LogP contribution in [0.25, 0.3) is 0 Å². The van der Waals surface area contributed by atoms with Gasteiger partial charge in [0.15, 0.2) is 0 Å². The van der Waals surface area contributed by atoms with Crippen LogP contribution in [0.15, 0.2) is 60.8 Å². The third-order valence-corrected chi connectivity index (χ3v) is 13.0. The molecule has 0 saturated carbocycles. The summed E-state index contributed by atoms with van der Waals surface area (Å²) < 4.78 is 23.6. The van der Waals surface area contributed by atoms with Crippen LogP contribution in [-0.2, 0) is 18.4 Å². The van der Waals surface area contributed by atoms with E-state index in [-0.39, 0.29) is 19.1 Å². The topological polar surface area (TPSA) is 105 Å². The molecule has 0 aliphatic carbocycles. The number of unbranched alkanes of at least 4 members (excludes halogenated alkanes) is 28. The van der Waals surface area contributed by atoms with Gasteiger partial charge >= 0.3 is 7.82 Å². The van der Waals surface area contributed by atoms with Gasteiger partial charge in [0.25, 0.3) is 0 Å². The maximum absolute atomic E-state index is 12.9. The Kier molecular flexibility index (Phi) is 46.0. The predicted molar refractivity (Wildman–Crippen MR) is 281 cm³/mol. The summed E-state index contributed by atoms with van der Waals surface area (Å²) >= 11 is 0. The molecule has 380 valence electrons. The summed E-state index contributed by atoms with van der Waals surface area (Å²) in [6, 6.07) is -0.875. The Hall–Kier alpha value is -1.80. The Morgan fingerprint density at radius 2 is 0.938 bits per heavy atom. The summed E-state index contributed by atoms with van der Waals surface area (Å²) in [5, 5.41) is 13.9. The van der Waals surface area contributed by atoms with Gasteiger partial charge in [-0.25, -0.2) is 4.57 Å². The number of hydrogen-bond donors (Lipinski definition) is 3. The third kappa shape index (κ3) is 49.9. The number of aliphatic hydroxyl groups excluding tert-OH is 1. The SMILES string of the molecule is CC/C=C\C/C=C\C/C=C\CCCCCCCC(=O)NC(COP(=O)(O)OCC[N+](C)(C)C)C(O)/C=C/CC/C=C/CCCCCCCCCCCCCCCCCCCCCCCC. The van der Waals surface area contributed by atoms with E-state index in [1.807, 2.05) is 27.2 Å². The molecular formula is C56H106N2O6P+. The first-order chi connectivity index (χ1) is 31.5. The fraction of sp³-hybridized carbons (Fsp3) is 0.804. The van der Waals surface area contributed by atoms with Crippen LogP contribution in [0.1, 0.15) is 239 Å². The second-order valence-electron chi connectivity index (χ2n) is 19.6. The standard InChI is InChI=1S/C56H105N2O6P/c1-6-8-10-12-14-16-18-20-22-23-24-25-26-27-28-29-30-31-32-33-34-36-37-39-41-43-45-47-49-55(59)54(53-64-65(61,62)63-52-51-58(3,4)5)57-56(60)50-48-46-44-42-40-38-35-21-19-17-15-13-11-9-7-2/h9,11,15,17,21,35,39,41,47,49,54-55,59H,6-8,10,12-14,16,18-20,22-34,36-38,40,42-46,48,50-53H2,1-5H3,(H-,57,60,61,62)/p+1/b11-9-,17-15-,35-21-,41-39+,49-47+. The second kappa shape index (κ2) is 47.3. The Labute approximate surface area is 402 Å². The normalized spacial score (nSPS) is 14.5. The van der Waals surface area contributed by atoms with Crippen molar-refractivity contribution in [1.82, 2.24) is 5.32 Å². The van der Waals surface area contributed by atoms with Gasteiger partial charge in [0.2, 0.25) is 5.91 Å². The third-order valence-electron chi connectivity index (χ3n) is 12.0. The van der Waals surface area contributed by atoms with Crippen LogP contribution in [0.4, 0.5) is 0 Å². The van der Waals surface area contributed by atoms with Crippen molar-refractivity contribution in [2.45, 2.75) is 251 Å². The number of carbonyl (C=O) groups is 1. The number of allylic oxidation sites excluding steroid dienone is 9. The van der Waals surface area contributed by atoms with Crippen LogP contribution in [0.3, 0.4) is 0 Å². The summed E-state index contributed by atoms with van der Waals surface area (Å²) in [5.41, 5.74) is 0. The highest BCUT2D eigenvalue weighted by Crippen LogP contribution is 2.43. The molecule has 1 amide bonds. The first-order valence-electron chi connectivity index (χ1n) is 27.2. The zero-order chi connectivity index (χ0) is 47.8. The Balaban J connectivity index is 4.24. The molecule has 0 aromatic carbocycles. The molecule has 0 aromatic heterocycles. The molecule has 0 heterocycles. The lowest BCUT2D eigenvalue weighted by Crippen LogP contribution is -2.45. The van der Waals surface area contributed by atoms with Crippen LogP contribution < -0.4 is 5.32 Å². The lowest BCUT2D eigenvalue weighted by atomic mass is 10.0. The fourth-order valence-electron chi connectivity index (χ4n) is 7.72. The minimum Gasteiger partial charge on any atom is -0.387 e. The molecule has 8 nitrogen and oxygen atoms in total. The first-order valence-corrected chi connectivity index (χ1v) is 28.7. The quantitative estimate of drug-likeness (QED) is 0.0243. The van der Waals surface area contributed by atoms with Gasteiger partial charge in [0.05, 0.1) is 39.9 Å². The smallest absolute Gasteiger partial charge is 0.387 e. The molecule has 0 spiro atoms. The van der Waals surface area contributed by atoms with Gasteiger partial charge in [-0.1, -0.05) is 229 Å². The number of aliphatic hydroxyl groups is 1. The summed E-state index contributed by atoms with van der Waals surface area (Å²) in [4.78, 5) is 23.2. The van der Waals surface area contributed by atoms with Crippen LogP contribution in [0, 0.1) is 0 Å². The number of carbonyl (C=O) groups excluding carboxylic acids is 1. The number of phosphoric acid groups is 1. The number of hydrogen-bond acceptors (Lipinski definition) is 5. The zero-order valence-corrected chi connectivity index (χ0v) is 44.1. The van der Waals surface area contributed by atoms with Gasteiger partial charge in [-0.15, -0.1) is 0 Å². The van der Waals surface area contributed by atoms with E-state index in [0.29, 0.717) is 17.4 Å². The largest absolute Gasteiger partial charge is 0.472 e. The Morgan fingerprint density at radius 3 is 1.42 bits per heavy atom. The Bertz CT molecular complexity index is 1240. The van der Waals surface area contributed by atoms with Crippen molar-refractivity contribution in [3.63, 3.8) is 0 Å². The highest BCUT2D eigenvalue weighted by Gasteiger charge is 2.27. The van der Waals surface area contributed by atoms with Gasteiger partial charge < -0.3 is 19.8 Å². The monoisotopic (exact) mass is 934 g/mol. The molecule has 9 heteroatoms. The highest BCUT2D eigenvalue weighted by atomic mass is 31.2. The molecule has 3 unspecified atom stereocenters. The maximum Gasteiger partial charge on any atom is 0.472 e. The van der Waals surface area contributed by atoms with E-state index in [9.17, 15) is 19.4 Å². The van der Waals surface area contributed by atoms with Crippen LogP contribution in [-0.4, -0.2) is 73.4 Å². The summed E-state index contributed by atoms with van der Waals surface area (Å²) in [5.74, 6) is -0.204. The summed E-state index contributed by atoms with van der Waals surface area (Å²) in [7, 11) is 1.54. The van der Waals surface area contributed by atoms with E-state index in [4.69, 9.17) is 9.05 Å². The molecule has 65 heavy (non-hydrogen) atoms. The molecule has 0 bridgehead atoms. The number of amides is 1. The molecule has 0 aliphatic rings. The maximum atomic E-state index is 12.9. The van der Waals surface area contributed by atoms with Crippen LogP contribution in [0.2, 0.25) is 0 Å². The summed E-state index contributed by atoms with van der Waals surface area (Å²) in [6.07, 6.45) is 63.3. The van der Waals surface area contributed by atoms with Gasteiger partial charge in [-0.3, -0.25) is 13.8 Å². The average Bonchev–Trinajstić information content (AvgIpc) is 3.26. The van der Waals surface area contributed by atoms with E-state index in [2.05, 4.69) is 67.8 Å². The van der Waals surface area contributed by atoms with Crippen LogP contribution in [0.5, 0.6) is 0 Å². The molecule has 0 rings (SSSR count). The van der Waals surface area contributed by atoms with Crippen molar-refractivity contribution in [2.75, 3.05) is 40.9 Å². The van der Waals surface area contributed by atoms with E-state index in [0.717, 1.165) is 77.0 Å². The van der Waals surface area contributed by atoms with E-state index in [1.165, 1.54) is 141 Å².